The van der Waals surface area contributed by atoms with E-state index in [-0.39, 0.29) is 5.91 Å². The number of furan rings is 1. The largest absolute Gasteiger partial charge is 0.455 e. The first kappa shape index (κ1) is 19.6. The number of anilines is 1. The number of imidazole rings is 1. The summed E-state index contributed by atoms with van der Waals surface area (Å²) in [6.07, 6.45) is 6.14. The number of benzene rings is 1. The molecule has 1 aromatic carbocycles. The lowest BCUT2D eigenvalue weighted by molar-refractivity contribution is 0.0752. The van der Waals surface area contributed by atoms with Crippen LogP contribution in [0.25, 0.3) is 0 Å². The second kappa shape index (κ2) is 8.78. The predicted octanol–water partition coefficient (Wildman–Crippen LogP) is 4.18. The fraction of sp³-hybridized carbons (Fsp3) is 0.364. The molecule has 1 aliphatic rings. The summed E-state index contributed by atoms with van der Waals surface area (Å²) in [7, 11) is 3.79. The predicted molar refractivity (Wildman–Crippen MR) is 115 cm³/mol. The summed E-state index contributed by atoms with van der Waals surface area (Å²) in [4.78, 5) is 21.3. The molecule has 6 nitrogen and oxygen atoms in total. The van der Waals surface area contributed by atoms with E-state index in [1.165, 1.54) is 24.1 Å². The minimum atomic E-state index is -0.102. The molecule has 0 aliphatic carbocycles. The van der Waals surface area contributed by atoms with Crippen LogP contribution in [0.2, 0.25) is 0 Å². The van der Waals surface area contributed by atoms with Crippen LogP contribution in [-0.2, 0) is 19.3 Å². The highest BCUT2D eigenvalue weighted by molar-refractivity contribution is 7.98. The van der Waals surface area contributed by atoms with Crippen LogP contribution in [0.15, 0.2) is 58.4 Å². The van der Waals surface area contributed by atoms with Gasteiger partial charge in [-0.25, -0.2) is 4.98 Å². The molecule has 29 heavy (non-hydrogen) atoms. The average molecular weight is 411 g/mol. The van der Waals surface area contributed by atoms with Crippen molar-refractivity contribution in [2.75, 3.05) is 25.0 Å². The van der Waals surface area contributed by atoms with Crippen LogP contribution in [0.4, 0.5) is 5.69 Å². The van der Waals surface area contributed by atoms with Gasteiger partial charge in [-0.3, -0.25) is 4.79 Å². The Hall–Kier alpha value is -2.67. The van der Waals surface area contributed by atoms with Crippen molar-refractivity contribution in [3.8, 4) is 0 Å². The van der Waals surface area contributed by atoms with Gasteiger partial charge >= 0.3 is 0 Å². The Labute approximate surface area is 175 Å². The fourth-order valence-corrected chi connectivity index (χ4v) is 4.45. The maximum Gasteiger partial charge on any atom is 0.289 e. The van der Waals surface area contributed by atoms with E-state index in [1.807, 2.05) is 37.0 Å². The van der Waals surface area contributed by atoms with E-state index in [4.69, 9.17) is 4.42 Å². The SMILES string of the molecule is CN(Cc1ccccc1N1CCCC1)C(=O)c1ccc(CSc2nccn2C)o1. The lowest BCUT2D eigenvalue weighted by Gasteiger charge is -2.24. The Morgan fingerprint density at radius 1 is 1.21 bits per heavy atom. The van der Waals surface area contributed by atoms with Crippen molar-refractivity contribution in [2.24, 2.45) is 7.05 Å². The summed E-state index contributed by atoms with van der Waals surface area (Å²) in [5.74, 6) is 1.68. The first-order valence-corrected chi connectivity index (χ1v) is 10.9. The van der Waals surface area contributed by atoms with Crippen LogP contribution in [0, 0.1) is 0 Å². The summed E-state index contributed by atoms with van der Waals surface area (Å²) in [6.45, 7) is 2.73. The topological polar surface area (TPSA) is 54.5 Å². The van der Waals surface area contributed by atoms with E-state index < -0.39 is 0 Å². The van der Waals surface area contributed by atoms with E-state index in [9.17, 15) is 4.79 Å². The molecular formula is C22H26N4O2S. The molecule has 3 aromatic rings. The lowest BCUT2D eigenvalue weighted by Crippen LogP contribution is -2.27. The Balaban J connectivity index is 1.40. The molecule has 4 rings (SSSR count). The number of hydrogen-bond donors (Lipinski definition) is 0. The number of rotatable bonds is 7. The highest BCUT2D eigenvalue weighted by atomic mass is 32.2. The summed E-state index contributed by atoms with van der Waals surface area (Å²) >= 11 is 1.59. The molecule has 0 radical (unpaired) electrons. The fourth-order valence-electron chi connectivity index (χ4n) is 3.62. The van der Waals surface area contributed by atoms with Gasteiger partial charge in [0.1, 0.15) is 5.76 Å². The smallest absolute Gasteiger partial charge is 0.289 e. The number of carbonyl (C=O) groups is 1. The monoisotopic (exact) mass is 410 g/mol. The number of thioether (sulfide) groups is 1. The number of amides is 1. The quantitative estimate of drug-likeness (QED) is 0.547. The third-order valence-corrected chi connectivity index (χ3v) is 6.27. The van der Waals surface area contributed by atoms with Crippen molar-refractivity contribution < 1.29 is 9.21 Å². The molecule has 0 saturated carbocycles. The lowest BCUT2D eigenvalue weighted by atomic mass is 10.1. The second-order valence-electron chi connectivity index (χ2n) is 7.36. The second-order valence-corrected chi connectivity index (χ2v) is 8.30. The van der Waals surface area contributed by atoms with Crippen LogP contribution < -0.4 is 4.90 Å². The summed E-state index contributed by atoms with van der Waals surface area (Å²) < 4.78 is 7.78. The normalized spacial score (nSPS) is 13.8. The molecule has 0 N–H and O–H groups in total. The minimum Gasteiger partial charge on any atom is -0.455 e. The van der Waals surface area contributed by atoms with Gasteiger partial charge in [-0.15, -0.1) is 0 Å². The minimum absolute atomic E-state index is 0.102. The van der Waals surface area contributed by atoms with Crippen molar-refractivity contribution in [2.45, 2.75) is 30.3 Å². The van der Waals surface area contributed by atoms with Crippen LogP contribution in [0.3, 0.4) is 0 Å². The molecule has 7 heteroatoms. The highest BCUT2D eigenvalue weighted by Crippen LogP contribution is 2.26. The standard InChI is InChI=1S/C22H26N4O2S/c1-24-14-11-23-22(24)29-16-18-9-10-20(28-18)21(27)25(2)15-17-7-3-4-8-19(17)26-12-5-6-13-26/h3-4,7-11,14H,5-6,12-13,15-16H2,1-2H3. The van der Waals surface area contributed by atoms with Crippen LogP contribution >= 0.6 is 11.8 Å². The van der Waals surface area contributed by atoms with E-state index in [1.54, 1.807) is 28.9 Å². The number of aryl methyl sites for hydroxylation is 1. The molecule has 2 aromatic heterocycles. The zero-order valence-electron chi connectivity index (χ0n) is 16.9. The first-order chi connectivity index (χ1) is 14.1. The van der Waals surface area contributed by atoms with Gasteiger partial charge in [-0.05, 0) is 36.6 Å². The Morgan fingerprint density at radius 2 is 2.00 bits per heavy atom. The maximum atomic E-state index is 12.9. The number of hydrogen-bond acceptors (Lipinski definition) is 5. The van der Waals surface area contributed by atoms with Gasteiger partial charge in [-0.2, -0.15) is 0 Å². The van der Waals surface area contributed by atoms with Crippen molar-refractivity contribution in [1.29, 1.82) is 0 Å². The van der Waals surface area contributed by atoms with Gasteiger partial charge in [0.25, 0.3) is 5.91 Å². The van der Waals surface area contributed by atoms with Crippen molar-refractivity contribution >= 4 is 23.4 Å². The molecular weight excluding hydrogens is 384 g/mol. The summed E-state index contributed by atoms with van der Waals surface area (Å²) in [5.41, 5.74) is 2.40. The zero-order chi connectivity index (χ0) is 20.2. The maximum absolute atomic E-state index is 12.9. The van der Waals surface area contributed by atoms with Gasteiger partial charge in [0.2, 0.25) is 0 Å². The van der Waals surface area contributed by atoms with Crippen molar-refractivity contribution in [1.82, 2.24) is 14.5 Å². The average Bonchev–Trinajstić information content (AvgIpc) is 3.48. The molecule has 3 heterocycles. The third-order valence-electron chi connectivity index (χ3n) is 5.19. The summed E-state index contributed by atoms with van der Waals surface area (Å²) in [5, 5.41) is 0.921. The van der Waals surface area contributed by atoms with E-state index in [0.717, 1.165) is 24.0 Å². The van der Waals surface area contributed by atoms with Gasteiger partial charge < -0.3 is 18.8 Å². The van der Waals surface area contributed by atoms with Crippen LogP contribution in [-0.4, -0.2) is 40.5 Å². The van der Waals surface area contributed by atoms with Crippen molar-refractivity contribution in [3.63, 3.8) is 0 Å². The van der Waals surface area contributed by atoms with Crippen LogP contribution in [0.1, 0.15) is 34.7 Å². The highest BCUT2D eigenvalue weighted by Gasteiger charge is 2.20. The first-order valence-electron chi connectivity index (χ1n) is 9.89. The zero-order valence-corrected chi connectivity index (χ0v) is 17.7. The molecule has 1 saturated heterocycles. The molecule has 0 bridgehead atoms. The van der Waals surface area contributed by atoms with Gasteiger partial charge in [0, 0.05) is 51.8 Å². The summed E-state index contributed by atoms with van der Waals surface area (Å²) in [6, 6.07) is 12.0. The third kappa shape index (κ3) is 4.50. The van der Waals surface area contributed by atoms with E-state index in [2.05, 4.69) is 28.1 Å². The molecule has 1 fully saturated rings. The van der Waals surface area contributed by atoms with Gasteiger partial charge in [0.15, 0.2) is 10.9 Å². The number of aromatic nitrogens is 2. The Morgan fingerprint density at radius 3 is 2.76 bits per heavy atom. The molecule has 0 unspecified atom stereocenters. The van der Waals surface area contributed by atoms with Crippen LogP contribution in [0.5, 0.6) is 0 Å². The number of para-hydroxylation sites is 1. The number of nitrogens with zero attached hydrogens (tertiary/aromatic N) is 4. The van der Waals surface area contributed by atoms with Crippen molar-refractivity contribution in [3.05, 3.63) is 65.9 Å². The Bertz CT molecular complexity index is 975. The van der Waals surface area contributed by atoms with Gasteiger partial charge in [0.05, 0.1) is 5.75 Å². The van der Waals surface area contributed by atoms with E-state index in [0.29, 0.717) is 18.1 Å². The molecule has 1 amide bonds. The molecule has 1 aliphatic heterocycles. The molecule has 0 atom stereocenters. The molecule has 0 spiro atoms. The van der Waals surface area contributed by atoms with Gasteiger partial charge in [-0.1, -0.05) is 30.0 Å². The Kier molecular flexibility index (Phi) is 5.94. The molecule has 152 valence electrons. The number of carbonyl (C=O) groups excluding carboxylic acids is 1. The van der Waals surface area contributed by atoms with E-state index >= 15 is 0 Å².